The summed E-state index contributed by atoms with van der Waals surface area (Å²) in [5.74, 6) is -6.61. The Kier molecular flexibility index (Phi) is 27.3. The lowest BCUT2D eigenvalue weighted by atomic mass is 9.87. The van der Waals surface area contributed by atoms with E-state index < -0.39 is 132 Å². The fraction of sp³-hybridized carbons (Fsp3) is 0.563. The van der Waals surface area contributed by atoms with E-state index in [1.54, 1.807) is 113 Å². The normalized spacial score (nSPS) is 22.9. The zero-order valence-corrected chi connectivity index (χ0v) is 56.8. The van der Waals surface area contributed by atoms with E-state index in [9.17, 15) is 47.9 Å². The monoisotopic (exact) mass is 1300 g/mol. The average molecular weight is 1300 g/mol. The zero-order valence-electron chi connectivity index (χ0n) is 56.8. The highest BCUT2D eigenvalue weighted by Crippen LogP contribution is 2.33. The summed E-state index contributed by atoms with van der Waals surface area (Å²) < 4.78 is 28.5. The van der Waals surface area contributed by atoms with Crippen LogP contribution in [-0.2, 0) is 79.8 Å². The highest BCUT2D eigenvalue weighted by atomic mass is 16.6. The number of fused-ring (bicyclic) bond motifs is 4. The molecule has 6 rings (SSSR count). The van der Waals surface area contributed by atoms with Gasteiger partial charge in [0.1, 0.15) is 48.5 Å². The fourth-order valence-electron chi connectivity index (χ4n) is 11.9. The SMILES string of the molecule is COc1ccc(CC[C@H]2OC(=O)[C@@H]3CCCCN3C(=O)C(=O)C(C)(C)COC(=O)C=CCCCCN(C)C(=O)[C@H](CC(C)C)N(C)C(=O)[C@H]3CCCN3C(=O)[C@H](Cc3ccccc3)N(C)C(=O)[C@H](CC(=O)OC(C)(C)C)NC(=O)CCC(=O)Nc3cccc2c3)cc1OC. The van der Waals surface area contributed by atoms with E-state index in [0.29, 0.717) is 80.5 Å². The Bertz CT molecular complexity index is 3210. The van der Waals surface area contributed by atoms with Crippen molar-refractivity contribution in [1.29, 1.82) is 0 Å². The Morgan fingerprint density at radius 2 is 1.36 bits per heavy atom. The summed E-state index contributed by atoms with van der Waals surface area (Å²) in [6, 6.07) is 15.1. The van der Waals surface area contributed by atoms with Crippen LogP contribution >= 0.6 is 0 Å². The topological polar surface area (TPSA) is 274 Å². The van der Waals surface area contributed by atoms with Gasteiger partial charge in [-0.05, 0) is 152 Å². The van der Waals surface area contributed by atoms with Gasteiger partial charge < -0.3 is 58.8 Å². The number of carbonyl (C=O) groups excluding carboxylic acids is 11. The van der Waals surface area contributed by atoms with Gasteiger partial charge in [0.25, 0.3) is 5.91 Å². The minimum atomic E-state index is -1.58. The van der Waals surface area contributed by atoms with Gasteiger partial charge in [-0.15, -0.1) is 0 Å². The molecule has 2 saturated heterocycles. The summed E-state index contributed by atoms with van der Waals surface area (Å²) in [6.45, 7) is 12.0. The molecule has 0 saturated carbocycles. The third-order valence-electron chi connectivity index (χ3n) is 17.1. The number of carbonyl (C=O) groups is 11. The van der Waals surface area contributed by atoms with E-state index in [1.165, 1.54) is 60.8 Å². The lowest BCUT2D eigenvalue weighted by Gasteiger charge is -2.37. The minimum Gasteiger partial charge on any atom is -0.493 e. The van der Waals surface area contributed by atoms with E-state index in [0.717, 1.165) is 5.56 Å². The maximum Gasteiger partial charge on any atom is 0.330 e. The molecule has 23 heteroatoms. The first kappa shape index (κ1) is 74.4. The number of anilines is 1. The van der Waals surface area contributed by atoms with E-state index in [4.69, 9.17) is 23.7 Å². The summed E-state index contributed by atoms with van der Waals surface area (Å²) in [7, 11) is 7.65. The van der Waals surface area contributed by atoms with Crippen LogP contribution in [-0.4, -0.2) is 187 Å². The molecule has 3 aromatic rings. The second-order valence-corrected chi connectivity index (χ2v) is 26.7. The van der Waals surface area contributed by atoms with Crippen LogP contribution in [0.4, 0.5) is 5.69 Å². The first-order valence-corrected chi connectivity index (χ1v) is 32.7. The molecule has 0 aromatic heterocycles. The smallest absolute Gasteiger partial charge is 0.330 e. The number of benzene rings is 3. The van der Waals surface area contributed by atoms with Crippen LogP contribution in [0, 0.1) is 11.3 Å². The van der Waals surface area contributed by atoms with Crippen molar-refractivity contribution in [3.8, 4) is 11.5 Å². The number of hydrogen-bond donors (Lipinski definition) is 2. The molecule has 0 unspecified atom stereocenters. The Balaban J connectivity index is 1.33. The highest BCUT2D eigenvalue weighted by Gasteiger charge is 2.45. The summed E-state index contributed by atoms with van der Waals surface area (Å²) in [4.78, 5) is 164. The van der Waals surface area contributed by atoms with Crippen molar-refractivity contribution < 1.29 is 76.4 Å². The molecule has 0 radical (unpaired) electrons. The quantitative estimate of drug-likeness (QED) is 0.107. The second-order valence-electron chi connectivity index (χ2n) is 26.7. The molecular formula is C71H97N7O16. The molecule has 7 amide bonds. The first-order valence-electron chi connectivity index (χ1n) is 32.7. The number of Topliss-reactive ketones (excluding diaryl/α,β-unsaturated/α-hetero) is 1. The van der Waals surface area contributed by atoms with Gasteiger partial charge in [-0.3, -0.25) is 43.2 Å². The number of nitrogens with zero attached hydrogens (tertiary/aromatic N) is 5. The number of allylic oxidation sites excluding steroid dienone is 1. The number of ether oxygens (including phenoxy) is 5. The van der Waals surface area contributed by atoms with Crippen molar-refractivity contribution >= 4 is 70.7 Å². The van der Waals surface area contributed by atoms with Crippen molar-refractivity contribution in [2.45, 2.75) is 187 Å². The molecule has 3 aliphatic rings. The Hall–Kier alpha value is -8.63. The molecule has 2 fully saturated rings. The first-order chi connectivity index (χ1) is 44.5. The number of hydrogen-bond acceptors (Lipinski definition) is 16. The summed E-state index contributed by atoms with van der Waals surface area (Å²) in [5.41, 5.74) is -0.226. The number of esters is 3. The van der Waals surface area contributed by atoms with Gasteiger partial charge in [-0.2, -0.15) is 0 Å². The van der Waals surface area contributed by atoms with Gasteiger partial charge in [0.15, 0.2) is 11.5 Å². The summed E-state index contributed by atoms with van der Waals surface area (Å²) in [5, 5.41) is 5.46. The summed E-state index contributed by atoms with van der Waals surface area (Å²) >= 11 is 0. The van der Waals surface area contributed by atoms with Crippen LogP contribution in [0.25, 0.3) is 0 Å². The minimum absolute atomic E-state index is 0.00944. The molecule has 3 heterocycles. The van der Waals surface area contributed by atoms with E-state index in [1.807, 2.05) is 19.9 Å². The average Bonchev–Trinajstić information content (AvgIpc) is 1.38. The lowest BCUT2D eigenvalue weighted by Crippen LogP contribution is -2.59. The van der Waals surface area contributed by atoms with Crippen molar-refractivity contribution in [3.05, 3.63) is 102 Å². The molecule has 2 bridgehead atoms. The Labute approximate surface area is 552 Å². The van der Waals surface area contributed by atoms with Gasteiger partial charge in [-0.1, -0.05) is 68.5 Å². The van der Waals surface area contributed by atoms with E-state index in [2.05, 4.69) is 10.6 Å². The van der Waals surface area contributed by atoms with Crippen molar-refractivity contribution in [2.24, 2.45) is 11.3 Å². The van der Waals surface area contributed by atoms with Crippen molar-refractivity contribution in [1.82, 2.24) is 29.8 Å². The molecule has 2 N–H and O–H groups in total. The van der Waals surface area contributed by atoms with Gasteiger partial charge in [0.05, 0.1) is 26.1 Å². The molecular weight excluding hydrogens is 1210 g/mol. The lowest BCUT2D eigenvalue weighted by molar-refractivity contribution is -0.165. The van der Waals surface area contributed by atoms with E-state index in [-0.39, 0.29) is 56.3 Å². The van der Waals surface area contributed by atoms with Gasteiger partial charge in [-0.25, -0.2) is 9.59 Å². The fourth-order valence-corrected chi connectivity index (χ4v) is 11.9. The third-order valence-corrected chi connectivity index (χ3v) is 17.1. The number of piperidine rings is 1. The molecule has 94 heavy (non-hydrogen) atoms. The van der Waals surface area contributed by atoms with Crippen LogP contribution in [0.1, 0.15) is 155 Å². The largest absolute Gasteiger partial charge is 0.493 e. The highest BCUT2D eigenvalue weighted by molar-refractivity contribution is 6.38. The molecule has 6 atom stereocenters. The number of amides is 7. The standard InChI is InChI=1S/C71H97N7O16/c1-46(2)40-54-65(85)74(8)37-20-14-13-18-30-61(81)92-45-71(6,7)63(83)68(88)78-38-21-19-28-53(78)69(89)93-56(33-31-48-32-34-57(90-11)58(42-48)91-12)49-26-22-27-50(43-49)72-59(79)35-36-60(80)73-51(44-62(82)94-70(3,4)5)64(84)75(9)55(41-47-24-16-15-17-25-47)67(87)77-39-23-29-52(77)66(86)76(54)10/h15-18,22,24-27,30,32,34,42-43,46,51-56H,13-14,19-21,23,28-29,31,33,35-41,44-45H2,1-12H3,(H,72,79)(H,73,80)/t51-,52+,53-,54-,55-,56+/m0/s1. The van der Waals surface area contributed by atoms with Crippen molar-refractivity contribution in [3.63, 3.8) is 0 Å². The number of aryl methyl sites for hydroxylation is 1. The molecule has 3 aromatic carbocycles. The molecule has 3 aliphatic heterocycles. The van der Waals surface area contributed by atoms with Gasteiger partial charge in [0.2, 0.25) is 41.2 Å². The van der Waals surface area contributed by atoms with Gasteiger partial charge >= 0.3 is 17.9 Å². The Morgan fingerprint density at radius 1 is 0.691 bits per heavy atom. The number of ketones is 1. The zero-order chi connectivity index (χ0) is 69.0. The number of rotatable bonds is 11. The predicted molar refractivity (Wildman–Crippen MR) is 351 cm³/mol. The van der Waals surface area contributed by atoms with Crippen molar-refractivity contribution in [2.75, 3.05) is 66.9 Å². The van der Waals surface area contributed by atoms with Gasteiger partial charge in [0, 0.05) is 71.8 Å². The molecule has 23 nitrogen and oxygen atoms in total. The van der Waals surface area contributed by atoms with E-state index >= 15 is 4.79 Å². The number of cyclic esters (lactones) is 2. The third kappa shape index (κ3) is 21.2. The second kappa shape index (κ2) is 34.5. The summed E-state index contributed by atoms with van der Waals surface area (Å²) in [6.07, 6.45) is 4.84. The molecule has 0 aliphatic carbocycles. The molecule has 0 spiro atoms. The maximum absolute atomic E-state index is 15.2. The predicted octanol–water partition coefficient (Wildman–Crippen LogP) is 7.51. The molecule has 512 valence electrons. The van der Waals surface area contributed by atoms with Crippen LogP contribution in [0.15, 0.2) is 84.9 Å². The van der Waals surface area contributed by atoms with Crippen LogP contribution in [0.3, 0.4) is 0 Å². The Morgan fingerprint density at radius 3 is 2.05 bits per heavy atom. The van der Waals surface area contributed by atoms with Crippen LogP contribution < -0.4 is 20.1 Å². The van der Waals surface area contributed by atoms with Crippen LogP contribution in [0.2, 0.25) is 0 Å². The number of nitrogens with one attached hydrogen (secondary N) is 2. The maximum atomic E-state index is 15.2. The number of methoxy groups -OCH3 is 2. The van der Waals surface area contributed by atoms with Crippen LogP contribution in [0.5, 0.6) is 11.5 Å². The number of likely N-dealkylation sites (N-methyl/N-ethyl adjacent to an activating group) is 3.